The minimum atomic E-state index is -1.27. The number of benzene rings is 2. The van der Waals surface area contributed by atoms with Crippen molar-refractivity contribution in [3.05, 3.63) is 70.3 Å². The Kier molecular flexibility index (Phi) is 11.4. The van der Waals surface area contributed by atoms with Gasteiger partial charge >= 0.3 is 0 Å². The fourth-order valence-electron chi connectivity index (χ4n) is 5.01. The van der Waals surface area contributed by atoms with E-state index in [1.165, 1.54) is 24.6 Å². The molecule has 1 heterocycles. The second-order valence-electron chi connectivity index (χ2n) is 11.2. The summed E-state index contributed by atoms with van der Waals surface area (Å²) < 4.78 is 11.7. The third kappa shape index (κ3) is 8.76. The van der Waals surface area contributed by atoms with Crippen LogP contribution in [0.3, 0.4) is 0 Å². The van der Waals surface area contributed by atoms with E-state index in [9.17, 15) is 20.1 Å². The molecule has 9 heteroatoms. The molecule has 2 aromatic rings. The van der Waals surface area contributed by atoms with Crippen molar-refractivity contribution in [3.63, 3.8) is 0 Å². The Labute approximate surface area is 242 Å². The van der Waals surface area contributed by atoms with E-state index in [0.717, 1.165) is 46.8 Å². The number of rotatable bonds is 14. The van der Waals surface area contributed by atoms with Crippen LogP contribution in [-0.4, -0.2) is 89.4 Å². The summed E-state index contributed by atoms with van der Waals surface area (Å²) in [5, 5.41) is 34.0. The van der Waals surface area contributed by atoms with Crippen LogP contribution >= 0.6 is 11.8 Å². The molecule has 2 aliphatic rings. The number of carbonyl (C=O) groups excluding carboxylic acids is 1. The van der Waals surface area contributed by atoms with E-state index in [1.807, 2.05) is 37.3 Å². The van der Waals surface area contributed by atoms with Crippen molar-refractivity contribution < 1.29 is 29.6 Å². The first-order chi connectivity index (χ1) is 19.2. The summed E-state index contributed by atoms with van der Waals surface area (Å²) in [4.78, 5) is 14.3. The van der Waals surface area contributed by atoms with Crippen molar-refractivity contribution in [2.24, 2.45) is 5.92 Å². The first-order valence-electron chi connectivity index (χ1n) is 14.2. The number of amides is 1. The maximum Gasteiger partial charge on any atom is 0.222 e. The molecule has 0 aromatic heterocycles. The van der Waals surface area contributed by atoms with Gasteiger partial charge in [0.1, 0.15) is 29.9 Å². The van der Waals surface area contributed by atoms with Crippen LogP contribution in [0.2, 0.25) is 0 Å². The van der Waals surface area contributed by atoms with E-state index >= 15 is 0 Å². The lowest BCUT2D eigenvalue weighted by molar-refractivity contribution is -0.200. The van der Waals surface area contributed by atoms with Crippen LogP contribution in [-0.2, 0) is 27.3 Å². The number of likely N-dealkylation sites (N-methyl/N-ethyl adjacent to an activating group) is 1. The highest BCUT2D eigenvalue weighted by Gasteiger charge is 2.44. The fraction of sp³-hybridized carbons (Fsp3) is 0.581. The van der Waals surface area contributed by atoms with E-state index < -0.39 is 29.9 Å². The van der Waals surface area contributed by atoms with E-state index in [0.29, 0.717) is 32.6 Å². The maximum absolute atomic E-state index is 12.1. The number of nitrogens with zero attached hydrogens (tertiary/aromatic N) is 1. The number of ether oxygens (including phenoxy) is 2. The highest BCUT2D eigenvalue weighted by Crippen LogP contribution is 2.36. The van der Waals surface area contributed by atoms with E-state index in [1.54, 1.807) is 6.26 Å². The van der Waals surface area contributed by atoms with Crippen molar-refractivity contribution in [1.82, 2.24) is 10.2 Å². The number of carbonyl (C=O) groups is 1. The van der Waals surface area contributed by atoms with Crippen molar-refractivity contribution in [3.8, 4) is 0 Å². The van der Waals surface area contributed by atoms with Crippen LogP contribution in [0.4, 0.5) is 0 Å². The van der Waals surface area contributed by atoms with Gasteiger partial charge in [0, 0.05) is 26.1 Å². The van der Waals surface area contributed by atoms with E-state index in [4.69, 9.17) is 9.47 Å². The lowest BCUT2D eigenvalue weighted by Gasteiger charge is -2.40. The van der Waals surface area contributed by atoms with Gasteiger partial charge in [0.25, 0.3) is 0 Å². The zero-order chi connectivity index (χ0) is 28.6. The van der Waals surface area contributed by atoms with Crippen molar-refractivity contribution in [2.75, 3.05) is 39.5 Å². The predicted octanol–water partition coefficient (Wildman–Crippen LogP) is 2.79. The average Bonchev–Trinajstić information content (AvgIpc) is 3.76. The van der Waals surface area contributed by atoms with Crippen LogP contribution < -0.4 is 5.32 Å². The highest BCUT2D eigenvalue weighted by molar-refractivity contribution is 7.99. The Morgan fingerprint density at radius 3 is 2.50 bits per heavy atom. The molecule has 0 spiro atoms. The summed E-state index contributed by atoms with van der Waals surface area (Å²) >= 11 is 1.31. The van der Waals surface area contributed by atoms with E-state index in [2.05, 4.69) is 29.4 Å². The van der Waals surface area contributed by atoms with Gasteiger partial charge < -0.3 is 35.0 Å². The van der Waals surface area contributed by atoms with Gasteiger partial charge in [-0.2, -0.15) is 0 Å². The summed E-state index contributed by atoms with van der Waals surface area (Å²) in [5.41, 5.74) is 4.57. The molecule has 1 aliphatic carbocycles. The second-order valence-corrected chi connectivity index (χ2v) is 12.1. The lowest BCUT2D eigenvalue weighted by atomic mass is 9.91. The first kappa shape index (κ1) is 31.0. The Morgan fingerprint density at radius 1 is 1.07 bits per heavy atom. The summed E-state index contributed by atoms with van der Waals surface area (Å²) in [5.74, 6) is 0.879. The minimum Gasteiger partial charge on any atom is -0.387 e. The third-order valence-corrected chi connectivity index (χ3v) is 8.60. The number of hydrogen-bond acceptors (Lipinski definition) is 8. The monoisotopic (exact) mass is 572 g/mol. The quantitative estimate of drug-likeness (QED) is 0.256. The number of aliphatic hydroxyl groups is 3. The van der Waals surface area contributed by atoms with Gasteiger partial charge in [0.15, 0.2) is 0 Å². The summed E-state index contributed by atoms with van der Waals surface area (Å²) in [6, 6.07) is 14.1. The predicted molar refractivity (Wildman–Crippen MR) is 157 cm³/mol. The molecular weight excluding hydrogens is 528 g/mol. The largest absolute Gasteiger partial charge is 0.387 e. The van der Waals surface area contributed by atoms with Gasteiger partial charge in [-0.3, -0.25) is 4.79 Å². The number of aliphatic hydroxyl groups excluding tert-OH is 3. The molecule has 1 saturated heterocycles. The van der Waals surface area contributed by atoms with Crippen molar-refractivity contribution in [2.45, 2.75) is 69.1 Å². The van der Waals surface area contributed by atoms with Gasteiger partial charge in [-0.05, 0) is 73.2 Å². The summed E-state index contributed by atoms with van der Waals surface area (Å²) in [7, 11) is 2.11. The molecule has 0 unspecified atom stereocenters. The molecule has 2 aromatic carbocycles. The van der Waals surface area contributed by atoms with Gasteiger partial charge in [0.2, 0.25) is 5.91 Å². The molecule has 1 saturated carbocycles. The molecule has 2 fully saturated rings. The Bertz CT molecular complexity index is 1090. The lowest BCUT2D eigenvalue weighted by Crippen LogP contribution is -2.52. The Hall–Kier alpha value is -1.98. The van der Waals surface area contributed by atoms with Gasteiger partial charge in [-0.25, -0.2) is 0 Å². The molecule has 220 valence electrons. The molecule has 5 atom stereocenters. The summed E-state index contributed by atoms with van der Waals surface area (Å²) in [6.45, 7) is 5.55. The first-order valence-corrected chi connectivity index (χ1v) is 15.5. The number of aryl methyl sites for hydroxylation is 1. The fourth-order valence-corrected chi connectivity index (χ4v) is 5.68. The number of nitrogens with one attached hydrogen (secondary N) is 1. The van der Waals surface area contributed by atoms with E-state index in [-0.39, 0.29) is 5.91 Å². The zero-order valence-electron chi connectivity index (χ0n) is 23.8. The molecular formula is C31H44N2O6S. The van der Waals surface area contributed by atoms with Crippen LogP contribution in [0.5, 0.6) is 0 Å². The maximum atomic E-state index is 12.1. The van der Waals surface area contributed by atoms with Gasteiger partial charge in [-0.1, -0.05) is 42.5 Å². The van der Waals surface area contributed by atoms with Gasteiger partial charge in [0.05, 0.1) is 13.2 Å². The molecule has 4 N–H and O–H groups in total. The highest BCUT2D eigenvalue weighted by atomic mass is 32.2. The van der Waals surface area contributed by atoms with Crippen molar-refractivity contribution in [1.29, 1.82) is 0 Å². The van der Waals surface area contributed by atoms with Crippen LogP contribution in [0.15, 0.2) is 42.5 Å². The molecule has 0 radical (unpaired) electrons. The molecule has 40 heavy (non-hydrogen) atoms. The average molecular weight is 573 g/mol. The summed E-state index contributed by atoms with van der Waals surface area (Å²) in [6.07, 6.45) is 1.20. The van der Waals surface area contributed by atoms with Crippen molar-refractivity contribution >= 4 is 17.7 Å². The molecule has 1 amide bonds. The van der Waals surface area contributed by atoms with Crippen LogP contribution in [0.1, 0.15) is 53.2 Å². The topological polar surface area (TPSA) is 111 Å². The third-order valence-electron chi connectivity index (χ3n) is 7.75. The number of thioether (sulfide) groups is 1. The smallest absolute Gasteiger partial charge is 0.222 e. The molecule has 1 aliphatic heterocycles. The minimum absolute atomic E-state index is 0.0218. The zero-order valence-corrected chi connectivity index (χ0v) is 24.6. The van der Waals surface area contributed by atoms with Crippen LogP contribution in [0, 0.1) is 12.8 Å². The standard InChI is InChI=1S/C31H44N2O6S/c1-20-4-11-24(30-28(36)27(35)29(37)31(39-30)40-3)17-25(20)16-21-5-9-23(10-6-21)19-38-15-12-26(34)32-13-14-33(2)18-22-7-8-22/h4-6,9-11,17,22,27-31,35-37H,7-8,12-16,18-19H2,1-3H3,(H,32,34)/t27-,28-,29+,30+,31-/m1/s1. The SMILES string of the molecule is CS[C@H]1O[C@@H](c2ccc(C)c(Cc3ccc(COCCC(=O)NCCN(C)CC4CC4)cc3)c2)[C@H](O)[C@@H](O)[C@@H]1O. The van der Waals surface area contributed by atoms with Crippen LogP contribution in [0.25, 0.3) is 0 Å². The molecule has 0 bridgehead atoms. The number of hydrogen-bond donors (Lipinski definition) is 4. The Morgan fingerprint density at radius 2 is 1.80 bits per heavy atom. The normalized spacial score (nSPS) is 24.8. The molecule has 4 rings (SSSR count). The van der Waals surface area contributed by atoms with Gasteiger partial charge in [-0.15, -0.1) is 11.8 Å². The second kappa shape index (κ2) is 14.8. The molecule has 8 nitrogen and oxygen atoms in total. The Balaban J connectivity index is 1.22.